The van der Waals surface area contributed by atoms with E-state index in [4.69, 9.17) is 5.73 Å². The first-order valence-electron chi connectivity index (χ1n) is 7.98. The molecule has 21 heavy (non-hydrogen) atoms. The number of nitrogens with one attached hydrogen (secondary N) is 2. The summed E-state index contributed by atoms with van der Waals surface area (Å²) in [5, 5.41) is 7.42. The van der Waals surface area contributed by atoms with Gasteiger partial charge in [0.05, 0.1) is 10.7 Å². The number of nitrogens with two attached hydrogens (primary N) is 1. The largest absolute Gasteiger partial charge is 0.397 e. The molecule has 1 aromatic rings. The summed E-state index contributed by atoms with van der Waals surface area (Å²) in [7, 11) is 1.66. The molecule has 1 amide bonds. The molecule has 2 fully saturated rings. The van der Waals surface area contributed by atoms with Gasteiger partial charge in [-0.3, -0.25) is 4.79 Å². The van der Waals surface area contributed by atoms with Gasteiger partial charge in [-0.1, -0.05) is 13.3 Å². The molecule has 4 N–H and O–H groups in total. The van der Waals surface area contributed by atoms with Gasteiger partial charge < -0.3 is 16.4 Å². The maximum Gasteiger partial charge on any atom is 0.263 e. The summed E-state index contributed by atoms with van der Waals surface area (Å²) in [5.74, 6) is 2.11. The first kappa shape index (κ1) is 14.7. The molecule has 4 nitrogen and oxygen atoms in total. The third-order valence-electron chi connectivity index (χ3n) is 4.76. The standard InChI is InChI=1S/C16H25N3OS/c1-9-3-4-10(7-9)8-19-16-12(11-5-6-11)13(17)14(21-16)15(20)18-2/h9-11,19H,3-8,17H2,1-2H3,(H,18,20). The van der Waals surface area contributed by atoms with Crippen molar-refractivity contribution in [2.75, 3.05) is 24.6 Å². The molecule has 1 aromatic heterocycles. The molecule has 0 aromatic carbocycles. The van der Waals surface area contributed by atoms with E-state index in [9.17, 15) is 4.79 Å². The Bertz CT molecular complexity index is 536. The predicted molar refractivity (Wildman–Crippen MR) is 89.1 cm³/mol. The van der Waals surface area contributed by atoms with Crippen LogP contribution in [-0.4, -0.2) is 19.5 Å². The summed E-state index contributed by atoms with van der Waals surface area (Å²) >= 11 is 1.52. The lowest BCUT2D eigenvalue weighted by Gasteiger charge is -2.12. The summed E-state index contributed by atoms with van der Waals surface area (Å²) in [6, 6.07) is 0. The maximum absolute atomic E-state index is 11.9. The number of carbonyl (C=O) groups excluding carboxylic acids is 1. The minimum Gasteiger partial charge on any atom is -0.397 e. The second-order valence-electron chi connectivity index (χ2n) is 6.61. The molecule has 2 aliphatic rings. The van der Waals surface area contributed by atoms with Crippen molar-refractivity contribution < 1.29 is 4.79 Å². The highest BCUT2D eigenvalue weighted by molar-refractivity contribution is 7.18. The highest BCUT2D eigenvalue weighted by Crippen LogP contribution is 2.51. The van der Waals surface area contributed by atoms with Crippen LogP contribution in [0.1, 0.15) is 60.2 Å². The van der Waals surface area contributed by atoms with Crippen molar-refractivity contribution in [2.24, 2.45) is 11.8 Å². The van der Waals surface area contributed by atoms with Crippen molar-refractivity contribution >= 4 is 27.9 Å². The summed E-state index contributed by atoms with van der Waals surface area (Å²) in [5.41, 5.74) is 8.13. The summed E-state index contributed by atoms with van der Waals surface area (Å²) in [4.78, 5) is 12.6. The third-order valence-corrected chi connectivity index (χ3v) is 5.93. The van der Waals surface area contributed by atoms with Gasteiger partial charge in [-0.25, -0.2) is 0 Å². The quantitative estimate of drug-likeness (QED) is 0.781. The Morgan fingerprint density at radius 2 is 2.10 bits per heavy atom. The fourth-order valence-electron chi connectivity index (χ4n) is 3.39. The molecule has 2 atom stereocenters. The maximum atomic E-state index is 11.9. The first-order chi connectivity index (χ1) is 10.1. The van der Waals surface area contributed by atoms with E-state index in [1.807, 2.05) is 0 Å². The molecule has 116 valence electrons. The zero-order valence-corrected chi connectivity index (χ0v) is 13.7. The van der Waals surface area contributed by atoms with Crippen molar-refractivity contribution in [2.45, 2.75) is 44.9 Å². The van der Waals surface area contributed by atoms with Crippen molar-refractivity contribution in [1.82, 2.24) is 5.32 Å². The van der Waals surface area contributed by atoms with Crippen LogP contribution >= 0.6 is 11.3 Å². The highest BCUT2D eigenvalue weighted by atomic mass is 32.1. The molecule has 0 spiro atoms. The number of carbonyl (C=O) groups is 1. The zero-order valence-electron chi connectivity index (χ0n) is 12.9. The molecule has 0 aliphatic heterocycles. The van der Waals surface area contributed by atoms with E-state index in [1.165, 1.54) is 49.0 Å². The summed E-state index contributed by atoms with van der Waals surface area (Å²) < 4.78 is 0. The molecule has 2 aliphatic carbocycles. The van der Waals surface area contributed by atoms with Gasteiger partial charge in [0.2, 0.25) is 0 Å². The molecule has 2 unspecified atom stereocenters. The van der Waals surface area contributed by atoms with E-state index in [0.717, 1.165) is 23.4 Å². The van der Waals surface area contributed by atoms with Gasteiger partial charge in [-0.05, 0) is 43.4 Å². The van der Waals surface area contributed by atoms with Gasteiger partial charge in [-0.2, -0.15) is 0 Å². The molecule has 2 saturated carbocycles. The second-order valence-corrected chi connectivity index (χ2v) is 7.63. The normalized spacial score (nSPS) is 25.0. The van der Waals surface area contributed by atoms with E-state index in [-0.39, 0.29) is 5.91 Å². The van der Waals surface area contributed by atoms with Crippen LogP contribution in [0.15, 0.2) is 0 Å². The number of nitrogen functional groups attached to an aromatic ring is 1. The monoisotopic (exact) mass is 307 g/mol. The van der Waals surface area contributed by atoms with Crippen LogP contribution in [0.4, 0.5) is 10.7 Å². The number of thiophene rings is 1. The van der Waals surface area contributed by atoms with Crippen LogP contribution in [0.5, 0.6) is 0 Å². The van der Waals surface area contributed by atoms with Crippen molar-refractivity contribution in [3.8, 4) is 0 Å². The fourth-order valence-corrected chi connectivity index (χ4v) is 4.56. The summed E-state index contributed by atoms with van der Waals surface area (Å²) in [6.07, 6.45) is 6.37. The minimum absolute atomic E-state index is 0.0676. The van der Waals surface area contributed by atoms with E-state index < -0.39 is 0 Å². The minimum atomic E-state index is -0.0676. The molecule has 1 heterocycles. The van der Waals surface area contributed by atoms with Crippen molar-refractivity contribution in [1.29, 1.82) is 0 Å². The number of amides is 1. The SMILES string of the molecule is CNC(=O)c1sc(NCC2CCC(C)C2)c(C2CC2)c1N. The Labute approximate surface area is 130 Å². The molecule has 0 saturated heterocycles. The topological polar surface area (TPSA) is 67.2 Å². The van der Waals surface area contributed by atoms with E-state index in [2.05, 4.69) is 17.6 Å². The highest BCUT2D eigenvalue weighted by Gasteiger charge is 2.33. The average molecular weight is 307 g/mol. The van der Waals surface area contributed by atoms with Gasteiger partial charge in [0.1, 0.15) is 4.88 Å². The van der Waals surface area contributed by atoms with Crippen molar-refractivity contribution in [3.63, 3.8) is 0 Å². The Morgan fingerprint density at radius 3 is 2.67 bits per heavy atom. The molecule has 3 rings (SSSR count). The number of anilines is 2. The Morgan fingerprint density at radius 1 is 1.33 bits per heavy atom. The Hall–Kier alpha value is -1.23. The number of rotatable bonds is 5. The number of hydrogen-bond acceptors (Lipinski definition) is 4. The van der Waals surface area contributed by atoms with Gasteiger partial charge in [-0.15, -0.1) is 11.3 Å². The lowest BCUT2D eigenvalue weighted by molar-refractivity contribution is 0.0968. The van der Waals surface area contributed by atoms with E-state index in [0.29, 0.717) is 16.5 Å². The van der Waals surface area contributed by atoms with Crippen LogP contribution in [0.2, 0.25) is 0 Å². The van der Waals surface area contributed by atoms with E-state index in [1.54, 1.807) is 7.05 Å². The van der Waals surface area contributed by atoms with Crippen LogP contribution in [0.25, 0.3) is 0 Å². The molecule has 0 bridgehead atoms. The van der Waals surface area contributed by atoms with Gasteiger partial charge >= 0.3 is 0 Å². The second kappa shape index (κ2) is 5.87. The van der Waals surface area contributed by atoms with Crippen molar-refractivity contribution in [3.05, 3.63) is 10.4 Å². The smallest absolute Gasteiger partial charge is 0.263 e. The number of hydrogen-bond donors (Lipinski definition) is 3. The van der Waals surface area contributed by atoms with Gasteiger partial charge in [0.25, 0.3) is 5.91 Å². The lowest BCUT2D eigenvalue weighted by atomic mass is 10.1. The fraction of sp³-hybridized carbons (Fsp3) is 0.688. The van der Waals surface area contributed by atoms with Crippen LogP contribution in [0, 0.1) is 11.8 Å². The average Bonchev–Trinajstić information content (AvgIpc) is 3.13. The van der Waals surface area contributed by atoms with Gasteiger partial charge in [0, 0.05) is 19.2 Å². The third kappa shape index (κ3) is 3.03. The van der Waals surface area contributed by atoms with E-state index >= 15 is 0 Å². The van der Waals surface area contributed by atoms with Gasteiger partial charge in [0.15, 0.2) is 0 Å². The predicted octanol–water partition coefficient (Wildman–Crippen LogP) is 3.42. The Balaban J connectivity index is 1.75. The zero-order chi connectivity index (χ0) is 15.0. The first-order valence-corrected chi connectivity index (χ1v) is 8.79. The lowest BCUT2D eigenvalue weighted by Crippen LogP contribution is -2.17. The molecule has 0 radical (unpaired) electrons. The van der Waals surface area contributed by atoms with Crippen LogP contribution < -0.4 is 16.4 Å². The molecule has 5 heteroatoms. The molecular weight excluding hydrogens is 282 g/mol. The van der Waals surface area contributed by atoms with Crippen LogP contribution in [0.3, 0.4) is 0 Å². The molecular formula is C16H25N3OS. The van der Waals surface area contributed by atoms with Crippen LogP contribution in [-0.2, 0) is 0 Å². The summed E-state index contributed by atoms with van der Waals surface area (Å²) in [6.45, 7) is 3.35. The Kier molecular flexibility index (Phi) is 4.11.